The van der Waals surface area contributed by atoms with Gasteiger partial charge >= 0.3 is 0 Å². The Morgan fingerprint density at radius 3 is 2.33 bits per heavy atom. The molecule has 24 heavy (non-hydrogen) atoms. The highest BCUT2D eigenvalue weighted by atomic mass is 16.5. The molecule has 1 N–H and O–H groups in total. The predicted molar refractivity (Wildman–Crippen MR) is 96.5 cm³/mol. The van der Waals surface area contributed by atoms with E-state index in [0.29, 0.717) is 0 Å². The van der Waals surface area contributed by atoms with Crippen molar-refractivity contribution in [2.24, 2.45) is 23.7 Å². The molecule has 0 aromatic heterocycles. The summed E-state index contributed by atoms with van der Waals surface area (Å²) in [7, 11) is 1.73. The van der Waals surface area contributed by atoms with E-state index in [2.05, 4.69) is 30.4 Å². The number of hydrogen-bond donors (Lipinski definition) is 1. The molecule has 0 aliphatic heterocycles. The van der Waals surface area contributed by atoms with Crippen LogP contribution in [0.4, 0.5) is 0 Å². The Balaban J connectivity index is 1.39. The van der Waals surface area contributed by atoms with Crippen LogP contribution in [0.25, 0.3) is 0 Å². The van der Waals surface area contributed by atoms with Gasteiger partial charge in [0.2, 0.25) is 0 Å². The van der Waals surface area contributed by atoms with Crippen molar-refractivity contribution >= 4 is 0 Å². The number of methoxy groups -OCH3 is 1. The smallest absolute Gasteiger partial charge is 0.161 e. The maximum absolute atomic E-state index is 5.76. The van der Waals surface area contributed by atoms with Crippen molar-refractivity contribution in [1.29, 1.82) is 0 Å². The summed E-state index contributed by atoms with van der Waals surface area (Å²) in [6.45, 7) is 3.80. The van der Waals surface area contributed by atoms with E-state index < -0.39 is 0 Å². The molecule has 1 aromatic rings. The lowest BCUT2D eigenvalue weighted by Gasteiger charge is -2.54. The summed E-state index contributed by atoms with van der Waals surface area (Å²) >= 11 is 0. The van der Waals surface area contributed by atoms with Crippen molar-refractivity contribution in [2.45, 2.75) is 58.0 Å². The standard InChI is InChI=1S/C21H31NO2/c1-3-6-24-19-5-4-14(12-20(19)23-2)13-22-21-17-8-15-7-16(10-17)11-18(21)9-15/h4-5,12,15-18,21-22H,3,6-11,13H2,1-2H3. The molecule has 0 radical (unpaired) electrons. The van der Waals surface area contributed by atoms with Crippen LogP contribution in [0.3, 0.4) is 0 Å². The van der Waals surface area contributed by atoms with Crippen molar-refractivity contribution < 1.29 is 9.47 Å². The van der Waals surface area contributed by atoms with Crippen molar-refractivity contribution in [2.75, 3.05) is 13.7 Å². The monoisotopic (exact) mass is 329 g/mol. The maximum atomic E-state index is 5.76. The second kappa shape index (κ2) is 6.95. The van der Waals surface area contributed by atoms with Gasteiger partial charge in [0.15, 0.2) is 11.5 Å². The van der Waals surface area contributed by atoms with Crippen LogP contribution < -0.4 is 14.8 Å². The normalized spacial score (nSPS) is 33.7. The zero-order valence-corrected chi connectivity index (χ0v) is 15.1. The Morgan fingerprint density at radius 1 is 1.00 bits per heavy atom. The molecule has 4 saturated carbocycles. The largest absolute Gasteiger partial charge is 0.493 e. The summed E-state index contributed by atoms with van der Waals surface area (Å²) in [4.78, 5) is 0. The van der Waals surface area contributed by atoms with Crippen molar-refractivity contribution in [1.82, 2.24) is 5.32 Å². The van der Waals surface area contributed by atoms with E-state index in [4.69, 9.17) is 9.47 Å². The zero-order valence-electron chi connectivity index (χ0n) is 15.1. The van der Waals surface area contributed by atoms with Crippen molar-refractivity contribution in [3.05, 3.63) is 23.8 Å². The Bertz CT molecular complexity index is 543. The van der Waals surface area contributed by atoms with Crippen LogP contribution in [-0.4, -0.2) is 19.8 Å². The van der Waals surface area contributed by atoms with E-state index in [1.807, 2.05) is 0 Å². The Hall–Kier alpha value is -1.22. The zero-order chi connectivity index (χ0) is 16.5. The molecule has 1 aromatic carbocycles. The molecule has 4 aliphatic carbocycles. The van der Waals surface area contributed by atoms with Gasteiger partial charge < -0.3 is 14.8 Å². The van der Waals surface area contributed by atoms with E-state index in [1.165, 1.54) is 37.7 Å². The number of hydrogen-bond acceptors (Lipinski definition) is 3. The number of benzene rings is 1. The Morgan fingerprint density at radius 2 is 1.71 bits per heavy atom. The third-order valence-electron chi connectivity index (χ3n) is 6.46. The molecular weight excluding hydrogens is 298 g/mol. The van der Waals surface area contributed by atoms with Gasteiger partial charge in [-0.3, -0.25) is 0 Å². The predicted octanol–water partition coefficient (Wildman–Crippen LogP) is 4.40. The number of ether oxygens (including phenoxy) is 2. The van der Waals surface area contributed by atoms with Crippen LogP contribution in [0, 0.1) is 23.7 Å². The fourth-order valence-corrected chi connectivity index (χ4v) is 5.65. The molecule has 0 amide bonds. The lowest BCUT2D eigenvalue weighted by molar-refractivity contribution is -0.0142. The Labute approximate surface area is 146 Å². The lowest BCUT2D eigenvalue weighted by Crippen LogP contribution is -2.54. The molecule has 4 bridgehead atoms. The molecule has 3 heteroatoms. The molecule has 132 valence electrons. The first-order valence-electron chi connectivity index (χ1n) is 9.80. The molecule has 4 fully saturated rings. The van der Waals surface area contributed by atoms with Crippen LogP contribution in [0.2, 0.25) is 0 Å². The van der Waals surface area contributed by atoms with Gasteiger partial charge in [-0.25, -0.2) is 0 Å². The van der Waals surface area contributed by atoms with Crippen LogP contribution in [0.1, 0.15) is 51.0 Å². The minimum absolute atomic E-state index is 0.736. The van der Waals surface area contributed by atoms with Gasteiger partial charge in [0, 0.05) is 12.6 Å². The van der Waals surface area contributed by atoms with Crippen LogP contribution in [0.5, 0.6) is 11.5 Å². The molecular formula is C21H31NO2. The van der Waals surface area contributed by atoms with Gasteiger partial charge in [-0.05, 0) is 79.9 Å². The van der Waals surface area contributed by atoms with Crippen LogP contribution >= 0.6 is 0 Å². The first-order chi connectivity index (χ1) is 11.8. The molecule has 0 unspecified atom stereocenters. The summed E-state index contributed by atoms with van der Waals surface area (Å²) in [6.07, 6.45) is 8.42. The quantitative estimate of drug-likeness (QED) is 0.804. The van der Waals surface area contributed by atoms with E-state index in [9.17, 15) is 0 Å². The van der Waals surface area contributed by atoms with Crippen LogP contribution in [-0.2, 0) is 6.54 Å². The first kappa shape index (κ1) is 16.3. The van der Waals surface area contributed by atoms with Gasteiger partial charge in [-0.2, -0.15) is 0 Å². The summed E-state index contributed by atoms with van der Waals surface area (Å²) in [5.41, 5.74) is 1.30. The Kier molecular flexibility index (Phi) is 4.71. The SMILES string of the molecule is CCCOc1ccc(CNC2C3CC4CC(C3)CC2C4)cc1OC. The van der Waals surface area contributed by atoms with E-state index in [-0.39, 0.29) is 0 Å². The highest BCUT2D eigenvalue weighted by Gasteiger charge is 2.47. The fraction of sp³-hybridized carbons (Fsp3) is 0.714. The molecule has 0 atom stereocenters. The summed E-state index contributed by atoms with van der Waals surface area (Å²) < 4.78 is 11.3. The van der Waals surface area contributed by atoms with Crippen molar-refractivity contribution in [3.8, 4) is 11.5 Å². The van der Waals surface area contributed by atoms with Gasteiger partial charge in [0.05, 0.1) is 13.7 Å². The topological polar surface area (TPSA) is 30.5 Å². The molecule has 3 nitrogen and oxygen atoms in total. The van der Waals surface area contributed by atoms with Gasteiger partial charge in [0.25, 0.3) is 0 Å². The van der Waals surface area contributed by atoms with E-state index >= 15 is 0 Å². The number of rotatable bonds is 7. The summed E-state index contributed by atoms with van der Waals surface area (Å²) in [5, 5.41) is 3.90. The number of nitrogens with one attached hydrogen (secondary N) is 1. The maximum Gasteiger partial charge on any atom is 0.161 e. The summed E-state index contributed by atoms with van der Waals surface area (Å²) in [5.74, 6) is 5.65. The fourth-order valence-electron chi connectivity index (χ4n) is 5.65. The van der Waals surface area contributed by atoms with Gasteiger partial charge in [-0.1, -0.05) is 13.0 Å². The first-order valence-corrected chi connectivity index (χ1v) is 9.80. The van der Waals surface area contributed by atoms with Gasteiger partial charge in [0.1, 0.15) is 0 Å². The molecule has 5 rings (SSSR count). The van der Waals surface area contributed by atoms with E-state index in [0.717, 1.165) is 60.8 Å². The minimum Gasteiger partial charge on any atom is -0.493 e. The average Bonchev–Trinajstić information content (AvgIpc) is 2.59. The third-order valence-corrected chi connectivity index (χ3v) is 6.46. The van der Waals surface area contributed by atoms with Crippen molar-refractivity contribution in [3.63, 3.8) is 0 Å². The lowest BCUT2D eigenvalue weighted by atomic mass is 9.54. The molecule has 0 heterocycles. The van der Waals surface area contributed by atoms with E-state index in [1.54, 1.807) is 7.11 Å². The molecule has 0 spiro atoms. The minimum atomic E-state index is 0.736. The second-order valence-corrected chi connectivity index (χ2v) is 8.17. The highest BCUT2D eigenvalue weighted by Crippen LogP contribution is 2.53. The third kappa shape index (κ3) is 3.15. The molecule has 4 aliphatic rings. The molecule has 0 saturated heterocycles. The van der Waals surface area contributed by atoms with Gasteiger partial charge in [-0.15, -0.1) is 0 Å². The highest BCUT2D eigenvalue weighted by molar-refractivity contribution is 5.43. The van der Waals surface area contributed by atoms with Crippen LogP contribution in [0.15, 0.2) is 18.2 Å². The summed E-state index contributed by atoms with van der Waals surface area (Å²) in [6, 6.07) is 7.10. The second-order valence-electron chi connectivity index (χ2n) is 8.17. The average molecular weight is 329 g/mol.